The van der Waals surface area contributed by atoms with Crippen molar-refractivity contribution in [1.29, 1.82) is 0 Å². The molecule has 19 heavy (non-hydrogen) atoms. The molecule has 6 heteroatoms. The van der Waals surface area contributed by atoms with Crippen LogP contribution in [0.25, 0.3) is 0 Å². The molecule has 0 aromatic carbocycles. The number of aliphatic hydroxyl groups excluding tert-OH is 1. The normalized spacial score (nSPS) is 13.8. The minimum absolute atomic E-state index is 0.179. The SMILES string of the molecule is CNCC(=O)NC(C=O)C(C)OCCCCCCO. The van der Waals surface area contributed by atoms with Crippen molar-refractivity contribution in [2.45, 2.75) is 44.8 Å². The first-order chi connectivity index (χ1) is 9.15. The first-order valence-electron chi connectivity index (χ1n) is 6.77. The number of unbranched alkanes of at least 4 members (excludes halogenated alkanes) is 3. The van der Waals surface area contributed by atoms with Gasteiger partial charge in [0.05, 0.1) is 12.6 Å². The lowest BCUT2D eigenvalue weighted by Gasteiger charge is -2.20. The summed E-state index contributed by atoms with van der Waals surface area (Å²) in [5, 5.41) is 13.9. The van der Waals surface area contributed by atoms with Crippen molar-refractivity contribution < 1.29 is 19.4 Å². The third-order valence-electron chi connectivity index (χ3n) is 2.75. The monoisotopic (exact) mass is 274 g/mol. The van der Waals surface area contributed by atoms with Crippen molar-refractivity contribution in [2.24, 2.45) is 0 Å². The summed E-state index contributed by atoms with van der Waals surface area (Å²) in [4.78, 5) is 22.3. The summed E-state index contributed by atoms with van der Waals surface area (Å²) in [6.45, 7) is 2.73. The van der Waals surface area contributed by atoms with Crippen LogP contribution in [-0.2, 0) is 14.3 Å². The number of likely N-dealkylation sites (N-methyl/N-ethyl adjacent to an activating group) is 1. The average molecular weight is 274 g/mol. The van der Waals surface area contributed by atoms with E-state index in [-0.39, 0.29) is 25.2 Å². The van der Waals surface area contributed by atoms with Crippen LogP contribution in [0, 0.1) is 0 Å². The molecular weight excluding hydrogens is 248 g/mol. The van der Waals surface area contributed by atoms with Gasteiger partial charge in [0.15, 0.2) is 0 Å². The highest BCUT2D eigenvalue weighted by atomic mass is 16.5. The van der Waals surface area contributed by atoms with Crippen molar-refractivity contribution in [3.05, 3.63) is 0 Å². The Balaban J connectivity index is 3.78. The lowest BCUT2D eigenvalue weighted by molar-refractivity contribution is -0.125. The van der Waals surface area contributed by atoms with E-state index in [2.05, 4.69) is 10.6 Å². The number of rotatable bonds is 12. The first kappa shape index (κ1) is 18.0. The van der Waals surface area contributed by atoms with Gasteiger partial charge in [-0.15, -0.1) is 0 Å². The zero-order valence-corrected chi connectivity index (χ0v) is 11.9. The quantitative estimate of drug-likeness (QED) is 0.340. The highest BCUT2D eigenvalue weighted by Crippen LogP contribution is 2.03. The van der Waals surface area contributed by atoms with Gasteiger partial charge in [-0.2, -0.15) is 0 Å². The number of carbonyl (C=O) groups is 2. The molecular formula is C13H26N2O4. The Morgan fingerprint density at radius 2 is 2.00 bits per heavy atom. The summed E-state index contributed by atoms with van der Waals surface area (Å²) < 4.78 is 5.53. The van der Waals surface area contributed by atoms with Gasteiger partial charge in [0.1, 0.15) is 12.3 Å². The van der Waals surface area contributed by atoms with Crippen LogP contribution >= 0.6 is 0 Å². The molecule has 0 radical (unpaired) electrons. The highest BCUT2D eigenvalue weighted by molar-refractivity contribution is 5.81. The van der Waals surface area contributed by atoms with Gasteiger partial charge in [0, 0.05) is 13.2 Å². The lowest BCUT2D eigenvalue weighted by Crippen LogP contribution is -2.47. The van der Waals surface area contributed by atoms with Crippen molar-refractivity contribution in [3.63, 3.8) is 0 Å². The molecule has 0 aromatic heterocycles. The van der Waals surface area contributed by atoms with Crippen molar-refractivity contribution in [2.75, 3.05) is 26.8 Å². The fourth-order valence-corrected chi connectivity index (χ4v) is 1.60. The van der Waals surface area contributed by atoms with Crippen molar-refractivity contribution in [1.82, 2.24) is 10.6 Å². The third kappa shape index (κ3) is 9.58. The van der Waals surface area contributed by atoms with E-state index in [0.29, 0.717) is 12.9 Å². The third-order valence-corrected chi connectivity index (χ3v) is 2.75. The van der Waals surface area contributed by atoms with E-state index in [4.69, 9.17) is 9.84 Å². The van der Waals surface area contributed by atoms with E-state index in [9.17, 15) is 9.59 Å². The number of amides is 1. The number of hydrogen-bond donors (Lipinski definition) is 3. The maximum atomic E-state index is 11.4. The molecule has 0 rings (SSSR count). The number of carbonyl (C=O) groups excluding carboxylic acids is 2. The number of hydrogen-bond acceptors (Lipinski definition) is 5. The second-order valence-corrected chi connectivity index (χ2v) is 4.47. The Kier molecular flexibility index (Phi) is 11.5. The summed E-state index contributed by atoms with van der Waals surface area (Å²) in [6.07, 6.45) is 4.03. The summed E-state index contributed by atoms with van der Waals surface area (Å²) >= 11 is 0. The van der Waals surface area contributed by atoms with E-state index in [0.717, 1.165) is 25.7 Å². The summed E-state index contributed by atoms with van der Waals surface area (Å²) in [6, 6.07) is -0.613. The highest BCUT2D eigenvalue weighted by Gasteiger charge is 2.18. The van der Waals surface area contributed by atoms with Gasteiger partial charge in [0.25, 0.3) is 0 Å². The van der Waals surface area contributed by atoms with E-state index in [1.165, 1.54) is 0 Å². The minimum Gasteiger partial charge on any atom is -0.396 e. The van der Waals surface area contributed by atoms with Gasteiger partial charge in [-0.25, -0.2) is 0 Å². The smallest absolute Gasteiger partial charge is 0.234 e. The minimum atomic E-state index is -0.613. The number of aliphatic hydroxyl groups is 1. The molecule has 0 aliphatic heterocycles. The maximum absolute atomic E-state index is 11.4. The number of ether oxygens (including phenoxy) is 1. The lowest BCUT2D eigenvalue weighted by atomic mass is 10.2. The zero-order chi connectivity index (χ0) is 14.5. The van der Waals surface area contributed by atoms with Crippen LogP contribution in [0.4, 0.5) is 0 Å². The number of aldehydes is 1. The molecule has 0 aromatic rings. The second kappa shape index (κ2) is 12.1. The van der Waals surface area contributed by atoms with Crippen molar-refractivity contribution in [3.8, 4) is 0 Å². The Morgan fingerprint density at radius 3 is 2.58 bits per heavy atom. The average Bonchev–Trinajstić information content (AvgIpc) is 2.40. The molecule has 2 atom stereocenters. The van der Waals surface area contributed by atoms with Gasteiger partial charge in [0.2, 0.25) is 5.91 Å². The summed E-state index contributed by atoms with van der Waals surface area (Å²) in [5.41, 5.74) is 0. The summed E-state index contributed by atoms with van der Waals surface area (Å²) in [7, 11) is 1.67. The van der Waals surface area contributed by atoms with Crippen LogP contribution < -0.4 is 10.6 Å². The topological polar surface area (TPSA) is 87.7 Å². The molecule has 0 fully saturated rings. The largest absolute Gasteiger partial charge is 0.396 e. The van der Waals surface area contributed by atoms with Crippen LogP contribution in [0.3, 0.4) is 0 Å². The van der Waals surface area contributed by atoms with E-state index in [1.54, 1.807) is 14.0 Å². The standard InChI is InChI=1S/C13H26N2O4/c1-11(19-8-6-4-3-5-7-16)12(10-17)15-13(18)9-14-2/h10-12,14,16H,3-9H2,1-2H3,(H,15,18). The van der Waals surface area contributed by atoms with Crippen LogP contribution in [0.2, 0.25) is 0 Å². The molecule has 0 aliphatic carbocycles. The van der Waals surface area contributed by atoms with Gasteiger partial charge in [-0.3, -0.25) is 4.79 Å². The van der Waals surface area contributed by atoms with E-state index in [1.807, 2.05) is 0 Å². The molecule has 0 bridgehead atoms. The second-order valence-electron chi connectivity index (χ2n) is 4.47. The first-order valence-corrected chi connectivity index (χ1v) is 6.77. The maximum Gasteiger partial charge on any atom is 0.234 e. The van der Waals surface area contributed by atoms with Crippen molar-refractivity contribution >= 4 is 12.2 Å². The Bertz CT molecular complexity index is 249. The molecule has 2 unspecified atom stereocenters. The van der Waals surface area contributed by atoms with E-state index >= 15 is 0 Å². The molecule has 6 nitrogen and oxygen atoms in total. The molecule has 112 valence electrons. The fourth-order valence-electron chi connectivity index (χ4n) is 1.60. The molecule has 0 spiro atoms. The van der Waals surface area contributed by atoms with Crippen LogP contribution in [0.1, 0.15) is 32.6 Å². The number of nitrogens with one attached hydrogen (secondary N) is 2. The predicted molar refractivity (Wildman–Crippen MR) is 72.9 cm³/mol. The van der Waals surface area contributed by atoms with Gasteiger partial charge < -0.3 is 25.3 Å². The molecule has 0 saturated heterocycles. The Hall–Kier alpha value is -0.980. The molecule has 3 N–H and O–H groups in total. The van der Waals surface area contributed by atoms with Gasteiger partial charge >= 0.3 is 0 Å². The van der Waals surface area contributed by atoms with Gasteiger partial charge in [-0.05, 0) is 26.8 Å². The summed E-state index contributed by atoms with van der Waals surface area (Å²) in [5.74, 6) is -0.224. The zero-order valence-electron chi connectivity index (χ0n) is 11.9. The fraction of sp³-hybridized carbons (Fsp3) is 0.846. The molecule has 0 saturated carbocycles. The Morgan fingerprint density at radius 1 is 1.32 bits per heavy atom. The molecule has 0 aliphatic rings. The molecule has 1 amide bonds. The molecule has 0 heterocycles. The Labute approximate surface area is 114 Å². The van der Waals surface area contributed by atoms with Crippen LogP contribution in [0.5, 0.6) is 0 Å². The van der Waals surface area contributed by atoms with Gasteiger partial charge in [-0.1, -0.05) is 12.8 Å². The van der Waals surface area contributed by atoms with Crippen LogP contribution in [-0.4, -0.2) is 56.3 Å². The van der Waals surface area contributed by atoms with E-state index < -0.39 is 6.04 Å². The van der Waals surface area contributed by atoms with Crippen LogP contribution in [0.15, 0.2) is 0 Å². The predicted octanol–water partition coefficient (Wildman–Crippen LogP) is -0.153.